The summed E-state index contributed by atoms with van der Waals surface area (Å²) in [5.41, 5.74) is 7.33. The van der Waals surface area contributed by atoms with Crippen molar-refractivity contribution in [2.75, 3.05) is 6.54 Å². The number of rotatable bonds is 3. The lowest BCUT2D eigenvalue weighted by molar-refractivity contribution is -0.132. The Morgan fingerprint density at radius 1 is 0.933 bits per heavy atom. The lowest BCUT2D eigenvalue weighted by atomic mass is 9.81. The van der Waals surface area contributed by atoms with Crippen molar-refractivity contribution in [1.29, 1.82) is 0 Å². The number of carbonyl (C=O) groups excluding carboxylic acids is 1. The van der Waals surface area contributed by atoms with Gasteiger partial charge in [0.15, 0.2) is 0 Å². The van der Waals surface area contributed by atoms with E-state index < -0.39 is 5.41 Å². The maximum Gasteiger partial charge on any atom is 0.233 e. The minimum absolute atomic E-state index is 0.206. The molecule has 1 fully saturated rings. The van der Waals surface area contributed by atoms with Gasteiger partial charge in [-0.3, -0.25) is 4.79 Å². The summed E-state index contributed by atoms with van der Waals surface area (Å²) in [5.74, 6) is 0.206. The molecular weight excluding hydrogens is 370 g/mol. The molecule has 152 valence electrons. The molecule has 0 saturated carbocycles. The quantitative estimate of drug-likeness (QED) is 0.412. The van der Waals surface area contributed by atoms with Gasteiger partial charge in [0.25, 0.3) is 0 Å². The Labute approximate surface area is 177 Å². The third-order valence-electron chi connectivity index (χ3n) is 6.85. The predicted molar refractivity (Wildman–Crippen MR) is 122 cm³/mol. The number of fused-ring (bicyclic) bond motifs is 3. The topological polar surface area (TPSA) is 33.5 Å². The number of aryl methyl sites for hydroxylation is 3. The van der Waals surface area contributed by atoms with Crippen LogP contribution < -0.4 is 0 Å². The first-order valence-corrected chi connectivity index (χ1v) is 10.6. The van der Waals surface area contributed by atoms with Crippen molar-refractivity contribution in [2.24, 2.45) is 0 Å². The molecule has 5 rings (SSSR count). The molecule has 2 heterocycles. The molecule has 0 N–H and O–H groups in total. The Morgan fingerprint density at radius 3 is 2.40 bits per heavy atom. The van der Waals surface area contributed by atoms with Crippen molar-refractivity contribution < 1.29 is 9.21 Å². The molecule has 1 aromatic heterocycles. The highest BCUT2D eigenvalue weighted by Crippen LogP contribution is 2.39. The number of amides is 1. The molecular formula is C27H27NO2. The fourth-order valence-corrected chi connectivity index (χ4v) is 5.05. The van der Waals surface area contributed by atoms with Crippen molar-refractivity contribution in [2.45, 2.75) is 46.1 Å². The fraction of sp³-hybridized carbons (Fsp3) is 0.296. The largest absolute Gasteiger partial charge is 0.456 e. The number of likely N-dealkylation sites (tertiary alicyclic amines) is 1. The lowest BCUT2D eigenvalue weighted by Crippen LogP contribution is -2.35. The fourth-order valence-electron chi connectivity index (χ4n) is 5.05. The molecule has 3 heteroatoms. The Bertz CT molecular complexity index is 1280. The molecule has 1 atom stereocenters. The zero-order valence-electron chi connectivity index (χ0n) is 18.1. The second-order valence-corrected chi connectivity index (χ2v) is 9.00. The number of para-hydroxylation sites is 1. The van der Waals surface area contributed by atoms with Crippen LogP contribution in [0.5, 0.6) is 0 Å². The minimum atomic E-state index is -0.514. The van der Waals surface area contributed by atoms with Gasteiger partial charge in [0.2, 0.25) is 5.91 Å². The molecule has 0 unspecified atom stereocenters. The van der Waals surface area contributed by atoms with Crippen LogP contribution in [0.2, 0.25) is 0 Å². The zero-order chi connectivity index (χ0) is 21.0. The summed E-state index contributed by atoms with van der Waals surface area (Å²) in [6.45, 7) is 9.94. The van der Waals surface area contributed by atoms with Crippen LogP contribution in [0.1, 0.15) is 41.2 Å². The van der Waals surface area contributed by atoms with Crippen molar-refractivity contribution in [3.63, 3.8) is 0 Å². The van der Waals surface area contributed by atoms with Gasteiger partial charge >= 0.3 is 0 Å². The highest BCUT2D eigenvalue weighted by molar-refractivity contribution is 6.05. The van der Waals surface area contributed by atoms with Crippen molar-refractivity contribution in [1.82, 2.24) is 4.90 Å². The zero-order valence-corrected chi connectivity index (χ0v) is 18.1. The number of furan rings is 1. The molecule has 0 radical (unpaired) electrons. The molecule has 1 aliphatic heterocycles. The minimum Gasteiger partial charge on any atom is -0.456 e. The van der Waals surface area contributed by atoms with Gasteiger partial charge in [-0.2, -0.15) is 0 Å². The van der Waals surface area contributed by atoms with Crippen LogP contribution in [0.3, 0.4) is 0 Å². The van der Waals surface area contributed by atoms with E-state index in [4.69, 9.17) is 4.42 Å². The maximum absolute atomic E-state index is 13.5. The third-order valence-corrected chi connectivity index (χ3v) is 6.85. The van der Waals surface area contributed by atoms with Crippen molar-refractivity contribution >= 4 is 27.8 Å². The molecule has 4 aromatic rings. The smallest absolute Gasteiger partial charge is 0.233 e. The Hall–Kier alpha value is -3.07. The van der Waals surface area contributed by atoms with E-state index in [9.17, 15) is 4.79 Å². The van der Waals surface area contributed by atoms with Crippen LogP contribution in [-0.4, -0.2) is 17.4 Å². The van der Waals surface area contributed by atoms with Crippen LogP contribution in [0.25, 0.3) is 21.9 Å². The summed E-state index contributed by atoms with van der Waals surface area (Å²) in [6, 6.07) is 18.8. The molecule has 3 nitrogen and oxygen atoms in total. The van der Waals surface area contributed by atoms with Crippen molar-refractivity contribution in [3.05, 3.63) is 82.4 Å². The van der Waals surface area contributed by atoms with E-state index in [1.807, 2.05) is 23.1 Å². The number of hydrogen-bond acceptors (Lipinski definition) is 2. The average Bonchev–Trinajstić information content (AvgIpc) is 3.23. The molecule has 3 aromatic carbocycles. The standard InChI is InChI=1S/C27H27NO2/c1-17-13-18(2)23(19(3)14-17)16-28-12-11-27(4,26(28)29)20-9-10-22-21-7-5-6-8-24(21)30-25(22)15-20/h5-10,13-15H,11-12,16H2,1-4H3/t27-/m0/s1. The summed E-state index contributed by atoms with van der Waals surface area (Å²) in [4.78, 5) is 15.5. The second-order valence-electron chi connectivity index (χ2n) is 9.00. The van der Waals surface area contributed by atoms with Gasteiger partial charge in [-0.05, 0) is 68.5 Å². The molecule has 1 aliphatic rings. The molecule has 1 amide bonds. The van der Waals surface area contributed by atoms with Crippen molar-refractivity contribution in [3.8, 4) is 0 Å². The van der Waals surface area contributed by atoms with E-state index in [-0.39, 0.29) is 5.91 Å². The summed E-state index contributed by atoms with van der Waals surface area (Å²) in [7, 11) is 0. The summed E-state index contributed by atoms with van der Waals surface area (Å²) in [5, 5.41) is 2.22. The Balaban J connectivity index is 1.48. The van der Waals surface area contributed by atoms with Gasteiger partial charge in [-0.15, -0.1) is 0 Å². The van der Waals surface area contributed by atoms with Gasteiger partial charge in [0.05, 0.1) is 5.41 Å². The van der Waals surface area contributed by atoms with Gasteiger partial charge in [-0.1, -0.05) is 48.0 Å². The predicted octanol–water partition coefficient (Wildman–Crippen LogP) is 6.20. The third kappa shape index (κ3) is 2.84. The molecule has 1 saturated heterocycles. The second kappa shape index (κ2) is 6.73. The highest BCUT2D eigenvalue weighted by atomic mass is 16.3. The molecule has 30 heavy (non-hydrogen) atoms. The van der Waals surface area contributed by atoms with E-state index in [1.165, 1.54) is 22.3 Å². The van der Waals surface area contributed by atoms with Crippen LogP contribution in [-0.2, 0) is 16.8 Å². The summed E-state index contributed by atoms with van der Waals surface area (Å²) in [6.07, 6.45) is 0.821. The first kappa shape index (κ1) is 18.9. The number of nitrogens with zero attached hydrogens (tertiary/aromatic N) is 1. The summed E-state index contributed by atoms with van der Waals surface area (Å²) < 4.78 is 6.07. The van der Waals surface area contributed by atoms with E-state index in [1.54, 1.807) is 0 Å². The van der Waals surface area contributed by atoms with Crippen LogP contribution in [0, 0.1) is 20.8 Å². The maximum atomic E-state index is 13.5. The monoisotopic (exact) mass is 397 g/mol. The Morgan fingerprint density at radius 2 is 1.63 bits per heavy atom. The van der Waals surface area contributed by atoms with Gasteiger partial charge in [0.1, 0.15) is 11.2 Å². The first-order valence-electron chi connectivity index (χ1n) is 10.6. The van der Waals surface area contributed by atoms with Gasteiger partial charge in [-0.25, -0.2) is 0 Å². The van der Waals surface area contributed by atoms with E-state index in [0.717, 1.165) is 40.5 Å². The van der Waals surface area contributed by atoms with Gasteiger partial charge in [0, 0.05) is 23.9 Å². The molecule has 0 bridgehead atoms. The van der Waals surface area contributed by atoms with E-state index >= 15 is 0 Å². The normalized spacial score (nSPS) is 19.3. The Kier molecular flexibility index (Phi) is 4.25. The first-order chi connectivity index (χ1) is 14.4. The molecule has 0 spiro atoms. The molecule has 0 aliphatic carbocycles. The average molecular weight is 398 g/mol. The number of carbonyl (C=O) groups is 1. The van der Waals surface area contributed by atoms with Crippen LogP contribution >= 0.6 is 0 Å². The van der Waals surface area contributed by atoms with E-state index in [0.29, 0.717) is 6.54 Å². The van der Waals surface area contributed by atoms with Gasteiger partial charge < -0.3 is 9.32 Å². The number of hydrogen-bond donors (Lipinski definition) is 0. The highest BCUT2D eigenvalue weighted by Gasteiger charge is 2.44. The SMILES string of the molecule is Cc1cc(C)c(CN2CC[C@@](C)(c3ccc4c(c3)oc3ccccc34)C2=O)c(C)c1. The number of benzene rings is 3. The van der Waals surface area contributed by atoms with Crippen LogP contribution in [0.4, 0.5) is 0 Å². The lowest BCUT2D eigenvalue weighted by Gasteiger charge is -2.25. The van der Waals surface area contributed by atoms with Crippen LogP contribution in [0.15, 0.2) is 59.0 Å². The van der Waals surface area contributed by atoms with E-state index in [2.05, 4.69) is 64.1 Å². The summed E-state index contributed by atoms with van der Waals surface area (Å²) >= 11 is 0.